The standard InChI is InChI=1S/C23H22F2N4O4/c1-26-23(31)16-4-5-17(21(25)27-16)33-13-6-8-29(11-13)10-12-2-3-14-19(18(12)24)28-22(30)15-7-9-32-20(14)15/h2-5,13H,6-11H2,1H3,(H,26,31)(H,28,30). The van der Waals surface area contributed by atoms with E-state index in [0.29, 0.717) is 61.3 Å². The molecular formula is C23H22F2N4O4. The maximum absolute atomic E-state index is 15.2. The number of benzene rings is 1. The zero-order chi connectivity index (χ0) is 23.1. The monoisotopic (exact) mass is 456 g/mol. The number of rotatable bonds is 5. The first-order valence-electron chi connectivity index (χ1n) is 10.7. The quantitative estimate of drug-likeness (QED) is 0.572. The molecule has 1 unspecified atom stereocenters. The van der Waals surface area contributed by atoms with E-state index in [1.54, 1.807) is 12.1 Å². The summed E-state index contributed by atoms with van der Waals surface area (Å²) in [6.07, 6.45) is 0.848. The minimum Gasteiger partial charge on any atom is -0.492 e. The fourth-order valence-electron chi connectivity index (χ4n) is 4.38. The maximum atomic E-state index is 15.2. The molecule has 4 heterocycles. The molecule has 1 atom stereocenters. The summed E-state index contributed by atoms with van der Waals surface area (Å²) in [5.41, 5.74) is 0.795. The van der Waals surface area contributed by atoms with Crippen LogP contribution < -0.4 is 20.3 Å². The molecule has 2 aliphatic rings. The van der Waals surface area contributed by atoms with Crippen molar-refractivity contribution in [1.82, 2.24) is 20.2 Å². The van der Waals surface area contributed by atoms with Crippen molar-refractivity contribution in [2.45, 2.75) is 25.5 Å². The van der Waals surface area contributed by atoms with Gasteiger partial charge in [0.2, 0.25) is 0 Å². The third-order valence-electron chi connectivity index (χ3n) is 6.04. The summed E-state index contributed by atoms with van der Waals surface area (Å²) < 4.78 is 40.8. The first-order valence-corrected chi connectivity index (χ1v) is 10.7. The van der Waals surface area contributed by atoms with Crippen molar-refractivity contribution in [3.63, 3.8) is 0 Å². The number of likely N-dealkylation sites (tertiary alicyclic amines) is 1. The molecule has 2 N–H and O–H groups in total. The molecule has 0 radical (unpaired) electrons. The third-order valence-corrected chi connectivity index (χ3v) is 6.04. The van der Waals surface area contributed by atoms with Crippen LogP contribution in [0.5, 0.6) is 11.5 Å². The number of nitrogens with one attached hydrogen (secondary N) is 2. The van der Waals surface area contributed by atoms with Crippen molar-refractivity contribution in [3.8, 4) is 11.5 Å². The van der Waals surface area contributed by atoms with Gasteiger partial charge in [0.1, 0.15) is 17.5 Å². The Morgan fingerprint density at radius 3 is 2.97 bits per heavy atom. The number of carbonyl (C=O) groups excluding carboxylic acids is 1. The molecule has 8 nitrogen and oxygen atoms in total. The molecule has 2 aromatic heterocycles. The van der Waals surface area contributed by atoms with Gasteiger partial charge in [-0.05, 0) is 24.6 Å². The smallest absolute Gasteiger partial charge is 0.269 e. The van der Waals surface area contributed by atoms with Crippen molar-refractivity contribution in [1.29, 1.82) is 0 Å². The number of hydrogen-bond acceptors (Lipinski definition) is 6. The number of pyridine rings is 2. The summed E-state index contributed by atoms with van der Waals surface area (Å²) in [5, 5.41) is 2.95. The lowest BCUT2D eigenvalue weighted by molar-refractivity contribution is 0.0956. The first kappa shape index (κ1) is 21.3. The number of carbonyl (C=O) groups is 1. The second kappa shape index (κ2) is 8.43. The van der Waals surface area contributed by atoms with Crippen LogP contribution in [-0.2, 0) is 13.0 Å². The molecule has 5 rings (SSSR count). The Labute approximate surface area is 187 Å². The topological polar surface area (TPSA) is 96.6 Å². The second-order valence-electron chi connectivity index (χ2n) is 8.15. The minimum atomic E-state index is -0.853. The van der Waals surface area contributed by atoms with Gasteiger partial charge in [0.15, 0.2) is 11.6 Å². The van der Waals surface area contributed by atoms with Crippen LogP contribution in [0.2, 0.25) is 0 Å². The number of nitrogens with zero attached hydrogens (tertiary/aromatic N) is 2. The number of H-pyrrole nitrogens is 1. The van der Waals surface area contributed by atoms with Crippen LogP contribution in [0, 0.1) is 11.8 Å². The molecule has 0 saturated carbocycles. The molecule has 2 aliphatic heterocycles. The minimum absolute atomic E-state index is 0.0298. The van der Waals surface area contributed by atoms with Gasteiger partial charge in [-0.2, -0.15) is 4.39 Å². The predicted molar refractivity (Wildman–Crippen MR) is 116 cm³/mol. The summed E-state index contributed by atoms with van der Waals surface area (Å²) in [6.45, 7) is 1.84. The van der Waals surface area contributed by atoms with Gasteiger partial charge < -0.3 is 19.8 Å². The molecule has 0 spiro atoms. The Balaban J connectivity index is 1.29. The van der Waals surface area contributed by atoms with Crippen LogP contribution >= 0.6 is 0 Å². The van der Waals surface area contributed by atoms with E-state index in [0.717, 1.165) is 0 Å². The van der Waals surface area contributed by atoms with E-state index in [1.807, 2.05) is 4.90 Å². The Bertz CT molecular complexity index is 1310. The number of hydrogen-bond donors (Lipinski definition) is 2. The van der Waals surface area contributed by atoms with Gasteiger partial charge in [0, 0.05) is 44.1 Å². The van der Waals surface area contributed by atoms with E-state index >= 15 is 4.39 Å². The van der Waals surface area contributed by atoms with Crippen molar-refractivity contribution in [2.75, 3.05) is 26.7 Å². The largest absolute Gasteiger partial charge is 0.492 e. The van der Waals surface area contributed by atoms with Crippen molar-refractivity contribution in [3.05, 3.63) is 63.2 Å². The van der Waals surface area contributed by atoms with Crippen molar-refractivity contribution < 1.29 is 23.0 Å². The van der Waals surface area contributed by atoms with Crippen molar-refractivity contribution >= 4 is 16.8 Å². The molecule has 10 heteroatoms. The Kier molecular flexibility index (Phi) is 5.45. The molecular weight excluding hydrogens is 434 g/mol. The number of aromatic nitrogens is 2. The van der Waals surface area contributed by atoms with Gasteiger partial charge in [0.05, 0.1) is 17.7 Å². The number of aromatic amines is 1. The van der Waals surface area contributed by atoms with Crippen LogP contribution in [0.4, 0.5) is 8.78 Å². The highest BCUT2D eigenvalue weighted by atomic mass is 19.1. The highest BCUT2D eigenvalue weighted by Crippen LogP contribution is 2.33. The average Bonchev–Trinajstić information content (AvgIpc) is 3.47. The summed E-state index contributed by atoms with van der Waals surface area (Å²) in [6, 6.07) is 6.26. The molecule has 1 amide bonds. The van der Waals surface area contributed by atoms with E-state index in [4.69, 9.17) is 9.47 Å². The van der Waals surface area contributed by atoms with Gasteiger partial charge in [-0.1, -0.05) is 6.07 Å². The number of amides is 1. The Morgan fingerprint density at radius 2 is 2.18 bits per heavy atom. The number of fused-ring (bicyclic) bond motifs is 3. The lowest BCUT2D eigenvalue weighted by Crippen LogP contribution is -2.25. The van der Waals surface area contributed by atoms with E-state index in [2.05, 4.69) is 15.3 Å². The first-order chi connectivity index (χ1) is 15.9. The highest BCUT2D eigenvalue weighted by Gasteiger charge is 2.27. The third kappa shape index (κ3) is 3.91. The van der Waals surface area contributed by atoms with Crippen LogP contribution in [0.25, 0.3) is 10.9 Å². The molecule has 1 fully saturated rings. The maximum Gasteiger partial charge on any atom is 0.269 e. The Hall–Kier alpha value is -3.53. The van der Waals surface area contributed by atoms with Crippen LogP contribution in [-0.4, -0.2) is 53.6 Å². The molecule has 0 aliphatic carbocycles. The number of ether oxygens (including phenoxy) is 2. The summed E-state index contributed by atoms with van der Waals surface area (Å²) in [4.78, 5) is 32.1. The van der Waals surface area contributed by atoms with Crippen LogP contribution in [0.3, 0.4) is 0 Å². The normalized spacial score (nSPS) is 17.7. The van der Waals surface area contributed by atoms with E-state index in [9.17, 15) is 14.0 Å². The lowest BCUT2D eigenvalue weighted by Gasteiger charge is -2.18. The molecule has 172 valence electrons. The van der Waals surface area contributed by atoms with Gasteiger partial charge in [0.25, 0.3) is 17.4 Å². The van der Waals surface area contributed by atoms with E-state index in [1.165, 1.54) is 19.2 Å². The van der Waals surface area contributed by atoms with Gasteiger partial charge in [-0.3, -0.25) is 14.5 Å². The summed E-state index contributed by atoms with van der Waals surface area (Å²) in [5.74, 6) is -1.38. The molecule has 1 saturated heterocycles. The Morgan fingerprint density at radius 1 is 1.33 bits per heavy atom. The zero-order valence-electron chi connectivity index (χ0n) is 17.9. The zero-order valence-corrected chi connectivity index (χ0v) is 17.9. The summed E-state index contributed by atoms with van der Waals surface area (Å²) >= 11 is 0. The SMILES string of the molecule is CNC(=O)c1ccc(OC2CCN(Cc3ccc4c5c(c(=O)[nH]c4c3F)CCO5)C2)c(F)n1. The van der Waals surface area contributed by atoms with Crippen LogP contribution in [0.15, 0.2) is 29.1 Å². The highest BCUT2D eigenvalue weighted by molar-refractivity contribution is 5.92. The van der Waals surface area contributed by atoms with Gasteiger partial charge >= 0.3 is 0 Å². The molecule has 1 aromatic carbocycles. The van der Waals surface area contributed by atoms with Gasteiger partial charge in [-0.25, -0.2) is 9.37 Å². The fraction of sp³-hybridized carbons (Fsp3) is 0.348. The van der Waals surface area contributed by atoms with E-state index < -0.39 is 17.7 Å². The lowest BCUT2D eigenvalue weighted by atomic mass is 10.1. The van der Waals surface area contributed by atoms with Gasteiger partial charge in [-0.15, -0.1) is 0 Å². The van der Waals surface area contributed by atoms with Crippen molar-refractivity contribution in [2.24, 2.45) is 0 Å². The second-order valence-corrected chi connectivity index (χ2v) is 8.15. The fourth-order valence-corrected chi connectivity index (χ4v) is 4.38. The summed E-state index contributed by atoms with van der Waals surface area (Å²) in [7, 11) is 1.44. The van der Waals surface area contributed by atoms with E-state index in [-0.39, 0.29) is 28.6 Å². The molecule has 0 bridgehead atoms. The molecule has 33 heavy (non-hydrogen) atoms. The van der Waals surface area contributed by atoms with Crippen LogP contribution in [0.1, 0.15) is 28.0 Å². The molecule has 3 aromatic rings. The number of halogens is 2. The average molecular weight is 456 g/mol. The predicted octanol–water partition coefficient (Wildman–Crippen LogP) is 2.15.